The molecule has 0 saturated heterocycles. The van der Waals surface area contributed by atoms with Gasteiger partial charge in [-0.3, -0.25) is 4.79 Å². The van der Waals surface area contributed by atoms with Crippen LogP contribution in [0.3, 0.4) is 0 Å². The topological polar surface area (TPSA) is 271 Å². The minimum absolute atomic E-state index is 0.0385. The molecule has 0 unspecified atom stereocenters. The third-order valence-electron chi connectivity index (χ3n) is 8.18. The van der Waals surface area contributed by atoms with E-state index in [1.165, 1.54) is 21.5 Å². The summed E-state index contributed by atoms with van der Waals surface area (Å²) in [5, 5.41) is 40.6. The van der Waals surface area contributed by atoms with Crippen molar-refractivity contribution in [1.29, 1.82) is 0 Å². The molecule has 0 fully saturated rings. The van der Waals surface area contributed by atoms with Crippen molar-refractivity contribution in [3.05, 3.63) is 142 Å². The predicted molar refractivity (Wildman–Crippen MR) is 236 cm³/mol. The normalized spacial score (nSPS) is 10.8. The second-order valence-electron chi connectivity index (χ2n) is 13.5. The summed E-state index contributed by atoms with van der Waals surface area (Å²) in [7, 11) is 0. The monoisotopic (exact) mass is 1010 g/mol. The number of aryl methyl sites for hydroxylation is 2. The molecule has 0 aliphatic rings. The lowest BCUT2D eigenvalue weighted by molar-refractivity contribution is -0.140. The number of carbonyl (C=O) groups is 3. The molecule has 69 heavy (non-hydrogen) atoms. The van der Waals surface area contributed by atoms with Crippen molar-refractivity contribution in [1.82, 2.24) is 40.4 Å². The number of aromatic nitrogens is 8. The lowest BCUT2D eigenvalue weighted by Crippen LogP contribution is -2.20. The SMILES string of the molecule is Cc1nnnn1-c1cccc(OCC(=O)Nc2ccc(Cl)c(C(F)(F)F)c2)c1.Cc1nnnn1-c1cccc(OCC(=O)O)c1.Nc1ccc(Cl)c(C(F)(F)F)c1.Nc1cccc(OCC(=O)O)c1. The Hall–Kier alpha value is -8.19. The maximum Gasteiger partial charge on any atom is 0.417 e. The number of carbonyl (C=O) groups excluding carboxylic acids is 1. The van der Waals surface area contributed by atoms with Gasteiger partial charge in [0, 0.05) is 35.3 Å². The first-order chi connectivity index (χ1) is 32.5. The van der Waals surface area contributed by atoms with Crippen molar-refractivity contribution in [3.8, 4) is 28.6 Å². The number of amides is 1. The number of benzene rings is 5. The Morgan fingerprint density at radius 3 is 1.43 bits per heavy atom. The summed E-state index contributed by atoms with van der Waals surface area (Å²) in [6.45, 7) is 2.37. The molecule has 0 atom stereocenters. The average molecular weight is 1010 g/mol. The first-order valence-electron chi connectivity index (χ1n) is 19.2. The maximum atomic E-state index is 12.9. The van der Waals surface area contributed by atoms with E-state index in [0.717, 1.165) is 30.0 Å². The third kappa shape index (κ3) is 17.5. The molecule has 19 nitrogen and oxygen atoms in total. The molecule has 7 N–H and O–H groups in total. The fourth-order valence-corrected chi connectivity index (χ4v) is 5.62. The standard InChI is InChI=1S/C17H13ClF3N5O2.C10H10N4O3.C8H9NO3.C7H5ClF3N/c1-10-23-24-25-26(10)12-3-2-4-13(8-12)28-9-16(27)22-11-5-6-15(18)14(7-11)17(19,20)21;1-7-11-12-13-14(7)8-3-2-4-9(5-8)17-6-10(15)16;9-6-2-1-3-7(4-6)12-5-8(10)11;8-6-2-1-4(12)3-5(6)7(9,10)11/h2-8H,9H2,1H3,(H,22,27);2-5H,6H2,1H3,(H,15,16);1-4H,5,9H2,(H,10,11);1-3H,12H2. The Morgan fingerprint density at radius 1 is 0.594 bits per heavy atom. The van der Waals surface area contributed by atoms with Crippen LogP contribution in [-0.4, -0.2) is 88.3 Å². The van der Waals surface area contributed by atoms with Gasteiger partial charge in [-0.2, -0.15) is 35.7 Å². The van der Waals surface area contributed by atoms with Gasteiger partial charge in [0.2, 0.25) is 0 Å². The molecule has 2 heterocycles. The van der Waals surface area contributed by atoms with Gasteiger partial charge in [0.15, 0.2) is 31.5 Å². The van der Waals surface area contributed by atoms with E-state index in [4.69, 9.17) is 59.1 Å². The number of alkyl halides is 6. The van der Waals surface area contributed by atoms with Crippen LogP contribution in [-0.2, 0) is 26.7 Å². The molecule has 364 valence electrons. The van der Waals surface area contributed by atoms with Crippen molar-refractivity contribution in [3.63, 3.8) is 0 Å². The molecule has 2 aromatic heterocycles. The molecule has 0 aliphatic heterocycles. The molecular formula is C42H37Cl2F6N11O8. The van der Waals surface area contributed by atoms with Crippen LogP contribution in [0, 0.1) is 13.8 Å². The molecule has 0 radical (unpaired) electrons. The summed E-state index contributed by atoms with van der Waals surface area (Å²) in [5.41, 5.74) is 10.6. The molecule has 1 amide bonds. The summed E-state index contributed by atoms with van der Waals surface area (Å²) < 4.78 is 93.3. The number of aliphatic carboxylic acids is 2. The van der Waals surface area contributed by atoms with Crippen molar-refractivity contribution < 1.29 is 65.1 Å². The molecule has 0 spiro atoms. The molecule has 7 aromatic rings. The summed E-state index contributed by atoms with van der Waals surface area (Å²) in [6, 6.07) is 26.6. The number of nitrogens with zero attached hydrogens (tertiary/aromatic N) is 8. The third-order valence-corrected chi connectivity index (χ3v) is 8.84. The zero-order valence-corrected chi connectivity index (χ0v) is 37.1. The van der Waals surface area contributed by atoms with Gasteiger partial charge in [-0.05, 0) is 107 Å². The number of hydrogen-bond donors (Lipinski definition) is 5. The van der Waals surface area contributed by atoms with Crippen LogP contribution in [0.2, 0.25) is 10.0 Å². The molecule has 5 aromatic carbocycles. The smallest absolute Gasteiger partial charge is 0.417 e. The molecule has 27 heteroatoms. The predicted octanol–water partition coefficient (Wildman–Crippen LogP) is 7.77. The molecule has 0 bridgehead atoms. The molecule has 0 aliphatic carbocycles. The largest absolute Gasteiger partial charge is 0.484 e. The number of nitrogens with one attached hydrogen (secondary N) is 1. The van der Waals surface area contributed by atoms with E-state index >= 15 is 0 Å². The number of nitrogen functional groups attached to an aromatic ring is 2. The number of anilines is 3. The van der Waals surface area contributed by atoms with Gasteiger partial charge >= 0.3 is 24.3 Å². The number of ether oxygens (including phenoxy) is 3. The second-order valence-corrected chi connectivity index (χ2v) is 14.3. The Morgan fingerprint density at radius 2 is 1.01 bits per heavy atom. The Labute approximate surface area is 396 Å². The van der Waals surface area contributed by atoms with Crippen molar-refractivity contribution in [2.75, 3.05) is 36.6 Å². The van der Waals surface area contributed by atoms with Crippen molar-refractivity contribution in [2.45, 2.75) is 26.2 Å². The van der Waals surface area contributed by atoms with Crippen LogP contribution < -0.4 is 31.0 Å². The highest BCUT2D eigenvalue weighted by molar-refractivity contribution is 6.31. The Bertz CT molecular complexity index is 2850. The highest BCUT2D eigenvalue weighted by Gasteiger charge is 2.34. The van der Waals surface area contributed by atoms with E-state index in [2.05, 4.69) is 36.4 Å². The van der Waals surface area contributed by atoms with Gasteiger partial charge < -0.3 is 41.2 Å². The van der Waals surface area contributed by atoms with E-state index in [9.17, 15) is 40.7 Å². The van der Waals surface area contributed by atoms with E-state index in [-0.39, 0.29) is 29.6 Å². The van der Waals surface area contributed by atoms with Crippen LogP contribution >= 0.6 is 23.2 Å². The summed E-state index contributed by atoms with van der Waals surface area (Å²) in [4.78, 5) is 32.5. The number of tetrazole rings is 2. The highest BCUT2D eigenvalue weighted by atomic mass is 35.5. The fraction of sp³-hybridized carbons (Fsp3) is 0.167. The molecular weight excluding hydrogens is 971 g/mol. The van der Waals surface area contributed by atoms with E-state index in [0.29, 0.717) is 40.3 Å². The van der Waals surface area contributed by atoms with Crippen LogP contribution in [0.15, 0.2) is 109 Å². The van der Waals surface area contributed by atoms with Gasteiger partial charge in [-0.15, -0.1) is 10.2 Å². The number of carboxylic acids is 2. The number of rotatable bonds is 12. The van der Waals surface area contributed by atoms with E-state index in [1.807, 2.05) is 0 Å². The van der Waals surface area contributed by atoms with Crippen LogP contribution in [0.4, 0.5) is 43.4 Å². The lowest BCUT2D eigenvalue weighted by Gasteiger charge is -2.12. The highest BCUT2D eigenvalue weighted by Crippen LogP contribution is 2.37. The minimum atomic E-state index is -4.62. The first kappa shape index (κ1) is 53.4. The van der Waals surface area contributed by atoms with Gasteiger partial charge in [-0.1, -0.05) is 41.4 Å². The maximum absolute atomic E-state index is 12.9. The number of nitrogens with two attached hydrogens (primary N) is 2. The fourth-order valence-electron chi connectivity index (χ4n) is 5.17. The quantitative estimate of drug-likeness (QED) is 0.0578. The second kappa shape index (κ2) is 24.5. The van der Waals surface area contributed by atoms with Gasteiger partial charge in [0.1, 0.15) is 17.2 Å². The molecule has 0 saturated carbocycles. The zero-order valence-electron chi connectivity index (χ0n) is 35.6. The van der Waals surface area contributed by atoms with Crippen LogP contribution in [0.25, 0.3) is 11.4 Å². The summed E-state index contributed by atoms with van der Waals surface area (Å²) in [5.74, 6) is -0.142. The minimum Gasteiger partial charge on any atom is -0.484 e. The number of hydrogen-bond acceptors (Lipinski definition) is 14. The lowest BCUT2D eigenvalue weighted by atomic mass is 10.2. The summed E-state index contributed by atoms with van der Waals surface area (Å²) in [6.07, 6.45) is -9.06. The van der Waals surface area contributed by atoms with Crippen LogP contribution in [0.5, 0.6) is 17.2 Å². The van der Waals surface area contributed by atoms with Gasteiger partial charge in [-0.25, -0.2) is 9.59 Å². The first-order valence-corrected chi connectivity index (χ1v) is 19.9. The average Bonchev–Trinajstić information content (AvgIpc) is 3.93. The van der Waals surface area contributed by atoms with Crippen LogP contribution in [0.1, 0.15) is 22.8 Å². The zero-order chi connectivity index (χ0) is 50.9. The van der Waals surface area contributed by atoms with Gasteiger partial charge in [0.05, 0.1) is 32.5 Å². The molecule has 7 rings (SSSR count). The summed E-state index contributed by atoms with van der Waals surface area (Å²) >= 11 is 10.9. The van der Waals surface area contributed by atoms with Crippen molar-refractivity contribution in [2.24, 2.45) is 0 Å². The number of halogens is 8. The Kier molecular flexibility index (Phi) is 19.0. The Balaban J connectivity index is 0.000000216. The van der Waals surface area contributed by atoms with E-state index in [1.54, 1.807) is 86.6 Å². The van der Waals surface area contributed by atoms with Crippen molar-refractivity contribution >= 4 is 58.1 Å². The number of carboxylic acid groups (broad SMARTS) is 2. The van der Waals surface area contributed by atoms with E-state index < -0.39 is 53.0 Å². The van der Waals surface area contributed by atoms with Gasteiger partial charge in [0.25, 0.3) is 5.91 Å².